The Hall–Kier alpha value is -1.75. The Morgan fingerprint density at radius 2 is 2.11 bits per heavy atom. The molecule has 2 aromatic rings. The van der Waals surface area contributed by atoms with Crippen molar-refractivity contribution >= 4 is 22.4 Å². The summed E-state index contributed by atoms with van der Waals surface area (Å²) in [6.07, 6.45) is 2.39. The predicted octanol–water partition coefficient (Wildman–Crippen LogP) is 3.28. The van der Waals surface area contributed by atoms with E-state index in [-0.39, 0.29) is 5.91 Å². The summed E-state index contributed by atoms with van der Waals surface area (Å²) in [5.74, 6) is 0.462. The lowest BCUT2D eigenvalue weighted by Gasteiger charge is -2.05. The Morgan fingerprint density at radius 1 is 1.32 bits per heavy atom. The number of amides is 1. The lowest BCUT2D eigenvalue weighted by molar-refractivity contribution is 0.102. The normalized spacial score (nSPS) is 14.4. The van der Waals surface area contributed by atoms with Gasteiger partial charge in [-0.3, -0.25) is 10.1 Å². The van der Waals surface area contributed by atoms with Crippen LogP contribution < -0.4 is 5.32 Å². The number of hydrogen-bond acceptors (Lipinski definition) is 4. The van der Waals surface area contributed by atoms with Crippen LogP contribution in [0.2, 0.25) is 0 Å². The molecule has 98 valence electrons. The van der Waals surface area contributed by atoms with Gasteiger partial charge in [0, 0.05) is 11.5 Å². The van der Waals surface area contributed by atoms with Crippen molar-refractivity contribution in [3.63, 3.8) is 0 Å². The molecule has 1 amide bonds. The molecule has 0 unspecified atom stereocenters. The largest absolute Gasteiger partial charge is 0.296 e. The highest BCUT2D eigenvalue weighted by Crippen LogP contribution is 2.42. The van der Waals surface area contributed by atoms with Gasteiger partial charge in [-0.25, -0.2) is 0 Å². The van der Waals surface area contributed by atoms with E-state index in [1.54, 1.807) is 0 Å². The number of carbonyl (C=O) groups is 1. The molecule has 1 aliphatic carbocycles. The maximum atomic E-state index is 12.2. The molecule has 0 spiro atoms. The molecule has 1 saturated carbocycles. The zero-order valence-electron chi connectivity index (χ0n) is 10.9. The van der Waals surface area contributed by atoms with E-state index in [1.807, 2.05) is 32.0 Å². The molecule has 0 aliphatic heterocycles. The third-order valence-electron chi connectivity index (χ3n) is 3.23. The molecule has 5 heteroatoms. The molecule has 19 heavy (non-hydrogen) atoms. The number of nitrogens with one attached hydrogen (secondary N) is 1. The number of aromatic nitrogens is 2. The van der Waals surface area contributed by atoms with Gasteiger partial charge in [-0.05, 0) is 38.3 Å². The fraction of sp³-hybridized carbons (Fsp3) is 0.357. The highest BCUT2D eigenvalue weighted by atomic mass is 32.1. The molecular formula is C14H15N3OS. The summed E-state index contributed by atoms with van der Waals surface area (Å²) in [7, 11) is 0. The fourth-order valence-corrected chi connectivity index (χ4v) is 2.83. The molecule has 1 heterocycles. The van der Waals surface area contributed by atoms with Crippen molar-refractivity contribution < 1.29 is 4.79 Å². The first-order valence-electron chi connectivity index (χ1n) is 6.35. The molecule has 1 N–H and O–H groups in total. The molecule has 0 radical (unpaired) electrons. The van der Waals surface area contributed by atoms with Crippen molar-refractivity contribution in [1.82, 2.24) is 10.2 Å². The summed E-state index contributed by atoms with van der Waals surface area (Å²) in [5.41, 5.74) is 2.74. The van der Waals surface area contributed by atoms with Gasteiger partial charge in [0.05, 0.1) is 0 Å². The van der Waals surface area contributed by atoms with Crippen LogP contribution in [0, 0.1) is 13.8 Å². The van der Waals surface area contributed by atoms with Gasteiger partial charge in [0.15, 0.2) is 0 Å². The Balaban J connectivity index is 1.77. The van der Waals surface area contributed by atoms with Gasteiger partial charge in [-0.15, -0.1) is 10.2 Å². The molecule has 1 fully saturated rings. The van der Waals surface area contributed by atoms with E-state index in [4.69, 9.17) is 0 Å². The van der Waals surface area contributed by atoms with Crippen molar-refractivity contribution in [3.8, 4) is 0 Å². The van der Waals surface area contributed by atoms with Gasteiger partial charge in [0.2, 0.25) is 5.13 Å². The first-order chi connectivity index (χ1) is 9.13. The smallest absolute Gasteiger partial charge is 0.257 e. The third kappa shape index (κ3) is 2.66. The van der Waals surface area contributed by atoms with Crippen LogP contribution in [-0.2, 0) is 0 Å². The van der Waals surface area contributed by atoms with Gasteiger partial charge < -0.3 is 0 Å². The topological polar surface area (TPSA) is 54.9 Å². The van der Waals surface area contributed by atoms with Gasteiger partial charge in [0.25, 0.3) is 5.91 Å². The van der Waals surface area contributed by atoms with Gasteiger partial charge in [-0.1, -0.05) is 29.0 Å². The summed E-state index contributed by atoms with van der Waals surface area (Å²) in [6, 6.07) is 5.86. The monoisotopic (exact) mass is 273 g/mol. The lowest BCUT2D eigenvalue weighted by Crippen LogP contribution is -2.13. The summed E-state index contributed by atoms with van der Waals surface area (Å²) >= 11 is 1.48. The van der Waals surface area contributed by atoms with Crippen molar-refractivity contribution in [1.29, 1.82) is 0 Å². The number of carbonyl (C=O) groups excluding carboxylic acids is 1. The summed E-state index contributed by atoms with van der Waals surface area (Å²) in [4.78, 5) is 12.2. The van der Waals surface area contributed by atoms with E-state index >= 15 is 0 Å². The summed E-state index contributed by atoms with van der Waals surface area (Å²) in [5, 5.41) is 12.6. The molecule has 3 rings (SSSR count). The van der Waals surface area contributed by atoms with Crippen LogP contribution in [0.3, 0.4) is 0 Å². The van der Waals surface area contributed by atoms with E-state index in [1.165, 1.54) is 24.2 Å². The Bertz CT molecular complexity index is 631. The number of anilines is 1. The van der Waals surface area contributed by atoms with E-state index in [2.05, 4.69) is 15.5 Å². The lowest BCUT2D eigenvalue weighted by atomic mass is 10.1. The number of aryl methyl sites for hydroxylation is 2. The minimum atomic E-state index is -0.111. The van der Waals surface area contributed by atoms with Crippen LogP contribution in [0.15, 0.2) is 18.2 Å². The molecule has 1 aromatic heterocycles. The average molecular weight is 273 g/mol. The minimum Gasteiger partial charge on any atom is -0.296 e. The number of hydrogen-bond donors (Lipinski definition) is 1. The number of nitrogens with zero attached hydrogens (tertiary/aromatic N) is 2. The predicted molar refractivity (Wildman–Crippen MR) is 75.8 cm³/mol. The van der Waals surface area contributed by atoms with Gasteiger partial charge >= 0.3 is 0 Å². The van der Waals surface area contributed by atoms with Crippen molar-refractivity contribution in [2.75, 3.05) is 5.32 Å². The van der Waals surface area contributed by atoms with Crippen LogP contribution in [0.1, 0.15) is 45.3 Å². The fourth-order valence-electron chi connectivity index (χ4n) is 1.93. The molecule has 0 saturated heterocycles. The number of benzene rings is 1. The summed E-state index contributed by atoms with van der Waals surface area (Å²) < 4.78 is 0. The summed E-state index contributed by atoms with van der Waals surface area (Å²) in [6.45, 7) is 3.91. The van der Waals surface area contributed by atoms with Crippen LogP contribution in [0.5, 0.6) is 0 Å². The Kier molecular flexibility index (Phi) is 3.06. The maximum Gasteiger partial charge on any atom is 0.257 e. The SMILES string of the molecule is Cc1ccc(C)c(C(=O)Nc2nnc(C3CC3)s2)c1. The van der Waals surface area contributed by atoms with Crippen molar-refractivity contribution in [2.45, 2.75) is 32.6 Å². The zero-order valence-corrected chi connectivity index (χ0v) is 11.8. The van der Waals surface area contributed by atoms with E-state index in [0.29, 0.717) is 16.6 Å². The van der Waals surface area contributed by atoms with Gasteiger partial charge in [-0.2, -0.15) is 0 Å². The Morgan fingerprint density at radius 3 is 2.84 bits per heavy atom. The van der Waals surface area contributed by atoms with Crippen LogP contribution in [0.25, 0.3) is 0 Å². The van der Waals surface area contributed by atoms with Crippen LogP contribution in [0.4, 0.5) is 5.13 Å². The van der Waals surface area contributed by atoms with Gasteiger partial charge in [0.1, 0.15) is 5.01 Å². The van der Waals surface area contributed by atoms with Crippen LogP contribution >= 0.6 is 11.3 Å². The molecule has 0 atom stereocenters. The quantitative estimate of drug-likeness (QED) is 0.933. The molecule has 0 bridgehead atoms. The van der Waals surface area contributed by atoms with E-state index in [0.717, 1.165) is 16.1 Å². The molecule has 1 aliphatic rings. The second-order valence-corrected chi connectivity index (χ2v) is 6.00. The third-order valence-corrected chi connectivity index (χ3v) is 4.23. The second kappa shape index (κ2) is 4.74. The Labute approximate surface area is 115 Å². The van der Waals surface area contributed by atoms with Crippen LogP contribution in [-0.4, -0.2) is 16.1 Å². The minimum absolute atomic E-state index is 0.111. The van der Waals surface area contributed by atoms with E-state index in [9.17, 15) is 4.79 Å². The molecular weight excluding hydrogens is 258 g/mol. The maximum absolute atomic E-state index is 12.2. The first kappa shape index (κ1) is 12.3. The highest BCUT2D eigenvalue weighted by Gasteiger charge is 2.27. The highest BCUT2D eigenvalue weighted by molar-refractivity contribution is 7.15. The second-order valence-electron chi connectivity index (χ2n) is 4.99. The van der Waals surface area contributed by atoms with Crippen molar-refractivity contribution in [3.05, 3.63) is 39.9 Å². The molecule has 4 nitrogen and oxygen atoms in total. The number of rotatable bonds is 3. The van der Waals surface area contributed by atoms with Crippen molar-refractivity contribution in [2.24, 2.45) is 0 Å². The first-order valence-corrected chi connectivity index (χ1v) is 7.17. The van der Waals surface area contributed by atoms with E-state index < -0.39 is 0 Å². The average Bonchev–Trinajstić information content (AvgIpc) is 3.13. The standard InChI is InChI=1S/C14H15N3OS/c1-8-3-4-9(2)11(7-8)12(18)15-14-17-16-13(19-14)10-5-6-10/h3-4,7,10H,5-6H2,1-2H3,(H,15,17,18). The molecule has 1 aromatic carbocycles. The zero-order chi connectivity index (χ0) is 13.4.